The van der Waals surface area contributed by atoms with Gasteiger partial charge in [-0.25, -0.2) is 0 Å². The van der Waals surface area contributed by atoms with E-state index in [1.165, 1.54) is 44.2 Å². The van der Waals surface area contributed by atoms with Gasteiger partial charge < -0.3 is 0 Å². The van der Waals surface area contributed by atoms with Crippen molar-refractivity contribution in [2.24, 2.45) is 0 Å². The third-order valence-corrected chi connectivity index (χ3v) is 6.16. The van der Waals surface area contributed by atoms with Gasteiger partial charge in [0.1, 0.15) is 0 Å². The molecule has 0 saturated heterocycles. The highest BCUT2D eigenvalue weighted by Crippen LogP contribution is 2.56. The van der Waals surface area contributed by atoms with Crippen LogP contribution in [-0.2, 0) is 18.3 Å². The van der Waals surface area contributed by atoms with Crippen molar-refractivity contribution in [2.75, 3.05) is 0 Å². The van der Waals surface area contributed by atoms with Crippen molar-refractivity contribution >= 4 is 16.3 Å². The summed E-state index contributed by atoms with van der Waals surface area (Å²) < 4.78 is 0. The lowest BCUT2D eigenvalue weighted by atomic mass is 9.75. The summed E-state index contributed by atoms with van der Waals surface area (Å²) in [5, 5.41) is 2.69. The van der Waals surface area contributed by atoms with Gasteiger partial charge in [0, 0.05) is 5.41 Å². The summed E-state index contributed by atoms with van der Waals surface area (Å²) in [5.41, 5.74) is 8.71. The monoisotopic (exact) mass is 334 g/mol. The van der Waals surface area contributed by atoms with E-state index in [4.69, 9.17) is 0 Å². The molecule has 0 N–H and O–H groups in total. The first-order valence-electron chi connectivity index (χ1n) is 9.37. The maximum absolute atomic E-state index is 3.95. The lowest BCUT2D eigenvalue weighted by Gasteiger charge is -2.27. The number of hydrogen-bond donors (Lipinski definition) is 0. The summed E-state index contributed by atoms with van der Waals surface area (Å²) >= 11 is 0. The number of rotatable bonds is 1. The van der Waals surface area contributed by atoms with Crippen LogP contribution in [0.3, 0.4) is 0 Å². The molecule has 126 valence electrons. The van der Waals surface area contributed by atoms with Crippen LogP contribution in [0.1, 0.15) is 29.2 Å². The third-order valence-electron chi connectivity index (χ3n) is 6.16. The molecule has 1 spiro atoms. The lowest BCUT2D eigenvalue weighted by Crippen LogP contribution is -2.25. The van der Waals surface area contributed by atoms with Crippen molar-refractivity contribution in [1.82, 2.24) is 0 Å². The third kappa shape index (κ3) is 1.96. The van der Waals surface area contributed by atoms with Gasteiger partial charge in [0.2, 0.25) is 0 Å². The highest BCUT2D eigenvalue weighted by molar-refractivity contribution is 5.92. The molecule has 0 heterocycles. The predicted octanol–water partition coefficient (Wildman–Crippen LogP) is 6.41. The van der Waals surface area contributed by atoms with Crippen LogP contribution in [0, 0.1) is 0 Å². The Morgan fingerprint density at radius 3 is 2.12 bits per heavy atom. The normalized spacial score (nSPS) is 20.0. The predicted molar refractivity (Wildman–Crippen MR) is 111 cm³/mol. The molecule has 0 fully saturated rings. The summed E-state index contributed by atoms with van der Waals surface area (Å²) in [6.07, 6.45) is 8.59. The summed E-state index contributed by atoms with van der Waals surface area (Å²) in [6, 6.07) is 22.5. The Morgan fingerprint density at radius 1 is 0.885 bits per heavy atom. The zero-order chi connectivity index (χ0) is 17.7. The molecule has 26 heavy (non-hydrogen) atoms. The summed E-state index contributed by atoms with van der Waals surface area (Å²) in [5.74, 6) is 0. The number of benzene rings is 3. The molecule has 5 rings (SSSR count). The molecule has 3 aromatic rings. The average molecular weight is 334 g/mol. The highest BCUT2D eigenvalue weighted by Gasteiger charge is 2.48. The molecule has 0 radical (unpaired) electrons. The van der Waals surface area contributed by atoms with Crippen LogP contribution in [0.5, 0.6) is 0 Å². The van der Waals surface area contributed by atoms with Gasteiger partial charge in [-0.15, -0.1) is 0 Å². The van der Waals surface area contributed by atoms with Gasteiger partial charge >= 0.3 is 0 Å². The van der Waals surface area contributed by atoms with E-state index in [0.717, 1.165) is 12.8 Å². The van der Waals surface area contributed by atoms with Crippen LogP contribution in [0.25, 0.3) is 16.3 Å². The fraction of sp³-hybridized carbons (Fsp3) is 0.154. The summed E-state index contributed by atoms with van der Waals surface area (Å²) in [6.45, 7) is 6.13. The van der Waals surface area contributed by atoms with Crippen molar-refractivity contribution in [2.45, 2.75) is 25.2 Å². The van der Waals surface area contributed by atoms with Crippen LogP contribution < -0.4 is 0 Å². The molecular formula is C26H22. The Hall–Kier alpha value is -2.86. The van der Waals surface area contributed by atoms with Crippen molar-refractivity contribution in [3.63, 3.8) is 0 Å². The molecule has 2 aliphatic carbocycles. The summed E-state index contributed by atoms with van der Waals surface area (Å²) in [7, 11) is 0. The SMILES string of the molecule is C=C/C=C1\C(=C/C)C2(Cc3cc4ccccc4cc3C2)c2ccccc21. The van der Waals surface area contributed by atoms with Gasteiger partial charge in [-0.1, -0.05) is 85.5 Å². The standard InChI is InChI=1S/C26H22/c1-3-9-22-23-12-7-8-13-25(23)26(24(22)4-2)16-20-14-18-10-5-6-11-19(18)15-21(20)17-26/h3-15H,1,16-17H2,2H3/b22-9-,24-4+. The van der Waals surface area contributed by atoms with Crippen molar-refractivity contribution < 1.29 is 0 Å². The number of hydrogen-bond acceptors (Lipinski definition) is 0. The van der Waals surface area contributed by atoms with E-state index in [0.29, 0.717) is 0 Å². The van der Waals surface area contributed by atoms with Crippen LogP contribution in [0.15, 0.2) is 91.0 Å². The van der Waals surface area contributed by atoms with Gasteiger partial charge in [0.05, 0.1) is 0 Å². The van der Waals surface area contributed by atoms with E-state index in [2.05, 4.69) is 86.3 Å². The average Bonchev–Trinajstić information content (AvgIpc) is 3.16. The van der Waals surface area contributed by atoms with E-state index in [-0.39, 0.29) is 5.41 Å². The molecule has 3 aromatic carbocycles. The first kappa shape index (κ1) is 15.4. The van der Waals surface area contributed by atoms with Crippen LogP contribution >= 0.6 is 0 Å². The number of fused-ring (bicyclic) bond motifs is 4. The van der Waals surface area contributed by atoms with E-state index in [9.17, 15) is 0 Å². The van der Waals surface area contributed by atoms with Crippen molar-refractivity contribution in [3.05, 3.63) is 113 Å². The van der Waals surface area contributed by atoms with Crippen LogP contribution in [-0.4, -0.2) is 0 Å². The smallest absolute Gasteiger partial charge is 0.0292 e. The van der Waals surface area contributed by atoms with Gasteiger partial charge in [-0.05, 0) is 63.9 Å². The van der Waals surface area contributed by atoms with Gasteiger partial charge in [-0.3, -0.25) is 0 Å². The maximum atomic E-state index is 3.95. The van der Waals surface area contributed by atoms with Gasteiger partial charge in [-0.2, -0.15) is 0 Å². The minimum absolute atomic E-state index is 0.0693. The lowest BCUT2D eigenvalue weighted by molar-refractivity contribution is 0.563. The van der Waals surface area contributed by atoms with Gasteiger partial charge in [0.15, 0.2) is 0 Å². The molecule has 0 aliphatic heterocycles. The van der Waals surface area contributed by atoms with Gasteiger partial charge in [0.25, 0.3) is 0 Å². The Balaban J connectivity index is 1.75. The largest absolute Gasteiger partial charge is 0.0990 e. The Kier molecular flexibility index (Phi) is 3.30. The molecule has 0 nitrogen and oxygen atoms in total. The molecule has 0 aromatic heterocycles. The second-order valence-electron chi connectivity index (χ2n) is 7.47. The molecule has 0 atom stereocenters. The first-order valence-corrected chi connectivity index (χ1v) is 9.37. The highest BCUT2D eigenvalue weighted by atomic mass is 14.5. The topological polar surface area (TPSA) is 0 Å². The van der Waals surface area contributed by atoms with Crippen molar-refractivity contribution in [3.8, 4) is 0 Å². The molecule has 0 amide bonds. The molecule has 0 unspecified atom stereocenters. The maximum Gasteiger partial charge on any atom is 0.0292 e. The second kappa shape index (κ2) is 5.57. The van der Waals surface area contributed by atoms with Crippen LogP contribution in [0.4, 0.5) is 0 Å². The Bertz CT molecular complexity index is 1060. The van der Waals surface area contributed by atoms with E-state index in [1.807, 2.05) is 6.08 Å². The molecular weight excluding hydrogens is 312 g/mol. The van der Waals surface area contributed by atoms with Crippen LogP contribution in [0.2, 0.25) is 0 Å². The minimum Gasteiger partial charge on any atom is -0.0990 e. The fourth-order valence-corrected chi connectivity index (χ4v) is 5.17. The quantitative estimate of drug-likeness (QED) is 0.482. The second-order valence-corrected chi connectivity index (χ2v) is 7.47. The minimum atomic E-state index is 0.0693. The van der Waals surface area contributed by atoms with E-state index >= 15 is 0 Å². The Morgan fingerprint density at radius 2 is 1.50 bits per heavy atom. The zero-order valence-electron chi connectivity index (χ0n) is 15.1. The molecule has 2 aliphatic rings. The zero-order valence-corrected chi connectivity index (χ0v) is 15.1. The summed E-state index contributed by atoms with van der Waals surface area (Å²) in [4.78, 5) is 0. The van der Waals surface area contributed by atoms with E-state index in [1.54, 1.807) is 0 Å². The van der Waals surface area contributed by atoms with Crippen molar-refractivity contribution in [1.29, 1.82) is 0 Å². The molecule has 0 bridgehead atoms. The fourth-order valence-electron chi connectivity index (χ4n) is 5.17. The molecule has 0 saturated carbocycles. The Labute approximate surface area is 155 Å². The molecule has 0 heteroatoms. The first-order chi connectivity index (χ1) is 12.8. The van der Waals surface area contributed by atoms with E-state index < -0.39 is 0 Å². The number of allylic oxidation sites excluding steroid dienone is 5.